The molecule has 0 saturated carbocycles. The normalized spacial score (nSPS) is 13.3. The number of hydrogen-bond donors (Lipinski definition) is 0. The van der Waals surface area contributed by atoms with Crippen LogP contribution in [0.15, 0.2) is 0 Å². The van der Waals surface area contributed by atoms with Crippen LogP contribution in [0.1, 0.15) is 100 Å². The molecule has 0 aliphatic rings. The Balaban J connectivity index is 5.50. The lowest BCUT2D eigenvalue weighted by Crippen LogP contribution is -2.33. The molecule has 26 heavy (non-hydrogen) atoms. The summed E-state index contributed by atoms with van der Waals surface area (Å²) in [6.45, 7) is 17.7. The molecule has 0 aromatic rings. The molecule has 0 aromatic heterocycles. The summed E-state index contributed by atoms with van der Waals surface area (Å²) < 4.78 is 30.4. The van der Waals surface area contributed by atoms with Gasteiger partial charge in [-0.3, -0.25) is 13.6 Å². The number of hydrogen-bond acceptors (Lipinski definition) is 4. The van der Waals surface area contributed by atoms with Gasteiger partial charge in [0.05, 0.1) is 18.8 Å². The van der Waals surface area contributed by atoms with Crippen molar-refractivity contribution in [3.05, 3.63) is 0 Å². The van der Waals surface area contributed by atoms with E-state index in [0.717, 1.165) is 44.9 Å². The van der Waals surface area contributed by atoms with Crippen molar-refractivity contribution in [1.29, 1.82) is 0 Å². The van der Waals surface area contributed by atoms with Gasteiger partial charge in [0.25, 0.3) is 0 Å². The van der Waals surface area contributed by atoms with Crippen molar-refractivity contribution in [3.8, 4) is 0 Å². The second-order valence-corrected chi connectivity index (χ2v) is 10.3. The maximum Gasteiger partial charge on any atom is 0.475 e. The third kappa shape index (κ3) is 11.7. The summed E-state index contributed by atoms with van der Waals surface area (Å²) in [4.78, 5) is 0. The van der Waals surface area contributed by atoms with Crippen LogP contribution in [0.3, 0.4) is 0 Å². The quantitative estimate of drug-likeness (QED) is 0.253. The lowest BCUT2D eigenvalue weighted by atomic mass is 9.83. The number of rotatable bonds is 16. The van der Waals surface area contributed by atoms with Gasteiger partial charge >= 0.3 is 7.82 Å². The third-order valence-electron chi connectivity index (χ3n) is 4.65. The van der Waals surface area contributed by atoms with E-state index >= 15 is 0 Å². The second-order valence-electron chi connectivity index (χ2n) is 8.71. The van der Waals surface area contributed by atoms with Gasteiger partial charge in [-0.25, -0.2) is 4.57 Å². The maximum absolute atomic E-state index is 13.1. The highest BCUT2D eigenvalue weighted by atomic mass is 31.2. The maximum atomic E-state index is 13.1. The van der Waals surface area contributed by atoms with Gasteiger partial charge in [-0.2, -0.15) is 0 Å². The molecule has 0 aliphatic carbocycles. The van der Waals surface area contributed by atoms with E-state index in [2.05, 4.69) is 41.5 Å². The predicted octanol–water partition coefficient (Wildman–Crippen LogP) is 7.62. The van der Waals surface area contributed by atoms with E-state index in [4.69, 9.17) is 13.6 Å². The highest BCUT2D eigenvalue weighted by Crippen LogP contribution is 2.55. The van der Waals surface area contributed by atoms with Gasteiger partial charge < -0.3 is 0 Å². The van der Waals surface area contributed by atoms with Crippen molar-refractivity contribution in [2.24, 2.45) is 17.8 Å². The Morgan fingerprint density at radius 2 is 1.15 bits per heavy atom. The fourth-order valence-corrected chi connectivity index (χ4v) is 4.65. The molecule has 0 atom stereocenters. The highest BCUT2D eigenvalue weighted by Gasteiger charge is 2.40. The second kappa shape index (κ2) is 13.3. The molecular weight excluding hydrogens is 347 g/mol. The van der Waals surface area contributed by atoms with E-state index in [9.17, 15) is 4.57 Å². The lowest BCUT2D eigenvalue weighted by molar-refractivity contribution is -0.0155. The van der Waals surface area contributed by atoms with Gasteiger partial charge in [-0.1, -0.05) is 54.4 Å². The Labute approximate surface area is 163 Å². The molecule has 0 fully saturated rings. The average Bonchev–Trinajstić information content (AvgIpc) is 2.51. The van der Waals surface area contributed by atoms with E-state index in [0.29, 0.717) is 31.0 Å². The molecule has 0 bridgehead atoms. The first-order chi connectivity index (χ1) is 12.1. The zero-order chi connectivity index (χ0) is 20.2. The van der Waals surface area contributed by atoms with Crippen LogP contribution in [-0.2, 0) is 18.1 Å². The molecule has 0 heterocycles. The van der Waals surface area contributed by atoms with Crippen molar-refractivity contribution >= 4 is 7.82 Å². The van der Waals surface area contributed by atoms with Gasteiger partial charge in [-0.05, 0) is 63.7 Å². The summed E-state index contributed by atoms with van der Waals surface area (Å²) in [7, 11) is -3.52. The Morgan fingerprint density at radius 1 is 0.731 bits per heavy atom. The summed E-state index contributed by atoms with van der Waals surface area (Å²) >= 11 is 0. The average molecular weight is 393 g/mol. The topological polar surface area (TPSA) is 44.8 Å². The Bertz CT molecular complexity index is 371. The van der Waals surface area contributed by atoms with Crippen LogP contribution >= 0.6 is 7.82 Å². The van der Waals surface area contributed by atoms with Crippen molar-refractivity contribution in [1.82, 2.24) is 0 Å². The van der Waals surface area contributed by atoms with Crippen LogP contribution in [0.25, 0.3) is 0 Å². The summed E-state index contributed by atoms with van der Waals surface area (Å²) in [6.07, 6.45) is 7.05. The summed E-state index contributed by atoms with van der Waals surface area (Å²) in [5.41, 5.74) is -0.427. The molecule has 158 valence electrons. The monoisotopic (exact) mass is 392 g/mol. The van der Waals surface area contributed by atoms with Crippen molar-refractivity contribution in [3.63, 3.8) is 0 Å². The summed E-state index contributed by atoms with van der Waals surface area (Å²) in [6, 6.07) is 0. The van der Waals surface area contributed by atoms with Crippen molar-refractivity contribution < 1.29 is 18.1 Å². The van der Waals surface area contributed by atoms with Crippen LogP contribution in [0.5, 0.6) is 0 Å². The van der Waals surface area contributed by atoms with Crippen LogP contribution in [0, 0.1) is 17.8 Å². The zero-order valence-corrected chi connectivity index (χ0v) is 19.6. The van der Waals surface area contributed by atoms with Gasteiger partial charge in [-0.15, -0.1) is 0 Å². The van der Waals surface area contributed by atoms with Gasteiger partial charge in [0.2, 0.25) is 0 Å². The van der Waals surface area contributed by atoms with E-state index in [1.54, 1.807) is 0 Å². The van der Waals surface area contributed by atoms with Gasteiger partial charge in [0.1, 0.15) is 0 Å². The molecule has 0 aliphatic heterocycles. The molecular formula is C21H45O4P. The first-order valence-electron chi connectivity index (χ1n) is 10.7. The molecule has 0 spiro atoms. The molecule has 0 radical (unpaired) electrons. The Morgan fingerprint density at radius 3 is 1.50 bits per heavy atom. The smallest absolute Gasteiger partial charge is 0.287 e. The standard InChI is InChI=1S/C21H45O4P/c1-9-23-26(22,24-10-2)25-21(16-13-19(5)6,17-14-20(7)8)15-11-12-18(3)4/h18-20H,9-17H2,1-8H3. The van der Waals surface area contributed by atoms with E-state index in [1.165, 1.54) is 0 Å². The van der Waals surface area contributed by atoms with Crippen LogP contribution < -0.4 is 0 Å². The minimum absolute atomic E-state index is 0.327. The molecule has 0 rings (SSSR count). The van der Waals surface area contributed by atoms with Crippen LogP contribution in [0.2, 0.25) is 0 Å². The molecule has 0 aromatic carbocycles. The van der Waals surface area contributed by atoms with E-state index < -0.39 is 13.4 Å². The molecule has 0 amide bonds. The van der Waals surface area contributed by atoms with E-state index in [-0.39, 0.29) is 0 Å². The summed E-state index contributed by atoms with van der Waals surface area (Å²) in [5, 5.41) is 0. The molecule has 5 heteroatoms. The fraction of sp³-hybridized carbons (Fsp3) is 1.00. The van der Waals surface area contributed by atoms with Crippen molar-refractivity contribution in [2.45, 2.75) is 106 Å². The molecule has 4 nitrogen and oxygen atoms in total. The number of phosphoric acid groups is 1. The number of phosphoric ester groups is 1. The Kier molecular flexibility index (Phi) is 13.4. The van der Waals surface area contributed by atoms with Crippen LogP contribution in [-0.4, -0.2) is 18.8 Å². The zero-order valence-electron chi connectivity index (χ0n) is 18.7. The van der Waals surface area contributed by atoms with Gasteiger partial charge in [0, 0.05) is 0 Å². The first-order valence-corrected chi connectivity index (χ1v) is 12.1. The molecule has 0 unspecified atom stereocenters. The predicted molar refractivity (Wildman–Crippen MR) is 112 cm³/mol. The third-order valence-corrected chi connectivity index (χ3v) is 6.41. The van der Waals surface area contributed by atoms with Gasteiger partial charge in [0.15, 0.2) is 0 Å². The molecule has 0 saturated heterocycles. The minimum Gasteiger partial charge on any atom is -0.287 e. The largest absolute Gasteiger partial charge is 0.475 e. The minimum atomic E-state index is -3.52. The Hall–Kier alpha value is 0.110. The highest BCUT2D eigenvalue weighted by molar-refractivity contribution is 7.48. The first kappa shape index (κ1) is 26.1. The summed E-state index contributed by atoms with van der Waals surface area (Å²) in [5.74, 6) is 1.83. The van der Waals surface area contributed by atoms with Crippen LogP contribution in [0.4, 0.5) is 0 Å². The SMILES string of the molecule is CCOP(=O)(OCC)OC(CCCC(C)C)(CCC(C)C)CCC(C)C. The van der Waals surface area contributed by atoms with E-state index in [1.807, 2.05) is 13.8 Å². The fourth-order valence-electron chi connectivity index (χ4n) is 3.09. The molecule has 0 N–H and O–H groups in total. The van der Waals surface area contributed by atoms with Crippen molar-refractivity contribution in [2.75, 3.05) is 13.2 Å². The lowest BCUT2D eigenvalue weighted by Gasteiger charge is -2.37.